The molecule has 1 saturated heterocycles. The molecule has 1 fully saturated rings. The molecule has 43 heavy (non-hydrogen) atoms. The van der Waals surface area contributed by atoms with Gasteiger partial charge in [0.1, 0.15) is 6.54 Å². The van der Waals surface area contributed by atoms with E-state index in [1.807, 2.05) is 48.5 Å². The first kappa shape index (κ1) is 29.9. The van der Waals surface area contributed by atoms with E-state index in [2.05, 4.69) is 34.5 Å². The predicted octanol–water partition coefficient (Wildman–Crippen LogP) is 6.34. The summed E-state index contributed by atoms with van der Waals surface area (Å²) in [4.78, 5) is 30.7. The summed E-state index contributed by atoms with van der Waals surface area (Å²) in [5, 5.41) is 15.0. The van der Waals surface area contributed by atoms with E-state index in [4.69, 9.17) is 4.74 Å². The molecule has 222 valence electrons. The van der Waals surface area contributed by atoms with E-state index >= 15 is 0 Å². The fourth-order valence-electron chi connectivity index (χ4n) is 5.59. The lowest BCUT2D eigenvalue weighted by Crippen LogP contribution is -2.39. The molecule has 1 aliphatic heterocycles. The van der Waals surface area contributed by atoms with Gasteiger partial charge in [-0.25, -0.2) is 0 Å². The van der Waals surface area contributed by atoms with Crippen molar-refractivity contribution in [2.45, 2.75) is 25.8 Å². The van der Waals surface area contributed by atoms with Crippen molar-refractivity contribution < 1.29 is 19.4 Å². The predicted molar refractivity (Wildman–Crippen MR) is 172 cm³/mol. The quantitative estimate of drug-likeness (QED) is 0.204. The summed E-state index contributed by atoms with van der Waals surface area (Å²) in [6.07, 6.45) is 6.15. The summed E-state index contributed by atoms with van der Waals surface area (Å²) < 4.78 is 5.19. The number of rotatable bonds is 11. The fourth-order valence-corrected chi connectivity index (χ4v) is 5.59. The first-order valence-corrected chi connectivity index (χ1v) is 14.9. The molecule has 2 amide bonds. The number of benzene rings is 4. The van der Waals surface area contributed by atoms with Crippen molar-refractivity contribution in [3.63, 3.8) is 0 Å². The minimum absolute atomic E-state index is 0.0350. The zero-order chi connectivity index (χ0) is 30.0. The van der Waals surface area contributed by atoms with E-state index in [1.165, 1.54) is 24.8 Å². The maximum Gasteiger partial charge on any atom is 0.247 e. The maximum absolute atomic E-state index is 13.4. The number of carbonyl (C=O) groups is 2. The van der Waals surface area contributed by atoms with E-state index in [0.717, 1.165) is 49.7 Å². The molecule has 0 atom stereocenters. The van der Waals surface area contributed by atoms with Gasteiger partial charge in [-0.1, -0.05) is 66.7 Å². The second kappa shape index (κ2) is 14.5. The Morgan fingerprint density at radius 1 is 0.953 bits per heavy atom. The Kier molecular flexibility index (Phi) is 10.1. The summed E-state index contributed by atoms with van der Waals surface area (Å²) in [5.41, 5.74) is 2.75. The van der Waals surface area contributed by atoms with E-state index in [-0.39, 0.29) is 24.1 Å². The summed E-state index contributed by atoms with van der Waals surface area (Å²) in [7, 11) is 1.48. The van der Waals surface area contributed by atoms with Crippen LogP contribution in [-0.2, 0) is 16.1 Å². The highest BCUT2D eigenvalue weighted by atomic mass is 16.5. The summed E-state index contributed by atoms with van der Waals surface area (Å²) in [6.45, 7) is 3.47. The van der Waals surface area contributed by atoms with Crippen LogP contribution in [0.3, 0.4) is 0 Å². The molecule has 0 unspecified atom stereocenters. The molecule has 7 nitrogen and oxygen atoms in total. The van der Waals surface area contributed by atoms with Gasteiger partial charge in [-0.05, 0) is 90.5 Å². The second-order valence-corrected chi connectivity index (χ2v) is 11.1. The molecule has 0 spiro atoms. The Labute approximate surface area is 253 Å². The molecular weight excluding hydrogens is 538 g/mol. The van der Waals surface area contributed by atoms with Crippen molar-refractivity contribution in [1.82, 2.24) is 9.80 Å². The van der Waals surface area contributed by atoms with Crippen LogP contribution < -0.4 is 10.1 Å². The normalized spacial score (nSPS) is 14.2. The van der Waals surface area contributed by atoms with Gasteiger partial charge in [0.25, 0.3) is 0 Å². The lowest BCUT2D eigenvalue weighted by Gasteiger charge is -2.33. The summed E-state index contributed by atoms with van der Waals surface area (Å²) >= 11 is 0. The van der Waals surface area contributed by atoms with Gasteiger partial charge in [0.2, 0.25) is 11.8 Å². The number of phenols is 1. The Bertz CT molecular complexity index is 1560. The van der Waals surface area contributed by atoms with E-state index in [9.17, 15) is 14.7 Å². The summed E-state index contributed by atoms with van der Waals surface area (Å²) in [6, 6.07) is 29.2. The van der Waals surface area contributed by atoms with E-state index in [1.54, 1.807) is 23.1 Å². The maximum atomic E-state index is 13.4. The highest BCUT2D eigenvalue weighted by molar-refractivity contribution is 5.99. The largest absolute Gasteiger partial charge is 0.504 e. The minimum Gasteiger partial charge on any atom is -0.504 e. The molecule has 0 aromatic heterocycles. The van der Waals surface area contributed by atoms with Crippen molar-refractivity contribution in [3.05, 3.63) is 108 Å². The van der Waals surface area contributed by atoms with Gasteiger partial charge in [-0.2, -0.15) is 0 Å². The molecule has 0 radical (unpaired) electrons. The number of carbonyl (C=O) groups excluding carboxylic acids is 2. The molecule has 0 bridgehead atoms. The van der Waals surface area contributed by atoms with Crippen LogP contribution in [0.4, 0.5) is 5.69 Å². The molecule has 4 aromatic rings. The van der Waals surface area contributed by atoms with Gasteiger partial charge in [0.15, 0.2) is 11.5 Å². The van der Waals surface area contributed by atoms with Gasteiger partial charge in [0.05, 0.1) is 7.11 Å². The third-order valence-electron chi connectivity index (χ3n) is 8.06. The molecule has 1 heterocycles. The SMILES string of the molecule is COc1cc(/C=C/C(=O)N(CCC2CCN(Cc3ccccc3)CC2)CC(=O)Nc2ccc3ccccc3c2)ccc1O. The molecule has 2 N–H and O–H groups in total. The molecular formula is C36H39N3O4. The molecule has 0 saturated carbocycles. The molecule has 0 aliphatic carbocycles. The number of nitrogens with one attached hydrogen (secondary N) is 1. The molecule has 5 rings (SSSR count). The van der Waals surface area contributed by atoms with Crippen molar-refractivity contribution in [2.24, 2.45) is 5.92 Å². The number of hydrogen-bond donors (Lipinski definition) is 2. The Morgan fingerprint density at radius 3 is 2.47 bits per heavy atom. The number of amides is 2. The number of ether oxygens (including phenoxy) is 1. The molecule has 4 aromatic carbocycles. The lowest BCUT2D eigenvalue weighted by atomic mass is 9.93. The van der Waals surface area contributed by atoms with Crippen LogP contribution in [0.25, 0.3) is 16.8 Å². The van der Waals surface area contributed by atoms with Crippen molar-refractivity contribution >= 4 is 34.4 Å². The number of anilines is 1. The average molecular weight is 578 g/mol. The first-order chi connectivity index (χ1) is 21.0. The van der Waals surface area contributed by atoms with Gasteiger partial charge < -0.3 is 20.1 Å². The molecule has 7 heteroatoms. The number of piperidine rings is 1. The van der Waals surface area contributed by atoms with Gasteiger partial charge in [-0.3, -0.25) is 14.5 Å². The molecule has 1 aliphatic rings. The first-order valence-electron chi connectivity index (χ1n) is 14.9. The Balaban J connectivity index is 1.22. The van der Waals surface area contributed by atoms with Gasteiger partial charge in [-0.15, -0.1) is 0 Å². The Hall–Kier alpha value is -4.62. The van der Waals surface area contributed by atoms with Crippen LogP contribution in [0.2, 0.25) is 0 Å². The van der Waals surface area contributed by atoms with Crippen molar-refractivity contribution in [2.75, 3.05) is 38.6 Å². The standard InChI is InChI=1S/C36H39N3O4/c1-43-34-23-28(11-15-33(34)40)12-16-36(42)39(26-35(41)37-32-14-13-30-9-5-6-10-31(30)24-32)22-19-27-17-20-38(21-18-27)25-29-7-3-2-4-8-29/h2-16,23-24,27,40H,17-22,25-26H2,1H3,(H,37,41)/b16-12+. The number of likely N-dealkylation sites (tertiary alicyclic amines) is 1. The fraction of sp³-hybridized carbons (Fsp3) is 0.278. The smallest absolute Gasteiger partial charge is 0.247 e. The second-order valence-electron chi connectivity index (χ2n) is 11.1. The van der Waals surface area contributed by atoms with Gasteiger partial charge >= 0.3 is 0 Å². The van der Waals surface area contributed by atoms with Crippen molar-refractivity contribution in [1.29, 1.82) is 0 Å². The zero-order valence-electron chi connectivity index (χ0n) is 24.6. The van der Waals surface area contributed by atoms with Crippen LogP contribution in [0.5, 0.6) is 11.5 Å². The number of aromatic hydroxyl groups is 1. The number of fused-ring (bicyclic) bond motifs is 1. The van der Waals surface area contributed by atoms with Crippen molar-refractivity contribution in [3.8, 4) is 11.5 Å². The van der Waals surface area contributed by atoms with Crippen LogP contribution in [-0.4, -0.2) is 60.0 Å². The average Bonchev–Trinajstić information content (AvgIpc) is 3.03. The third kappa shape index (κ3) is 8.46. The van der Waals surface area contributed by atoms with Crippen LogP contribution in [0.1, 0.15) is 30.4 Å². The van der Waals surface area contributed by atoms with E-state index in [0.29, 0.717) is 29.5 Å². The lowest BCUT2D eigenvalue weighted by molar-refractivity contribution is -0.130. The number of methoxy groups -OCH3 is 1. The number of phenolic OH excluding ortho intramolecular Hbond substituents is 1. The van der Waals surface area contributed by atoms with Crippen LogP contribution in [0.15, 0.2) is 97.1 Å². The highest BCUT2D eigenvalue weighted by Gasteiger charge is 2.22. The minimum atomic E-state index is -0.235. The monoisotopic (exact) mass is 577 g/mol. The highest BCUT2D eigenvalue weighted by Crippen LogP contribution is 2.27. The summed E-state index contributed by atoms with van der Waals surface area (Å²) in [5.74, 6) is 0.395. The Morgan fingerprint density at radius 2 is 1.70 bits per heavy atom. The van der Waals surface area contributed by atoms with E-state index < -0.39 is 0 Å². The van der Waals surface area contributed by atoms with Crippen LogP contribution in [0, 0.1) is 5.92 Å². The number of nitrogens with zero attached hydrogens (tertiary/aromatic N) is 2. The third-order valence-corrected chi connectivity index (χ3v) is 8.06. The van der Waals surface area contributed by atoms with Gasteiger partial charge in [0, 0.05) is 24.9 Å². The zero-order valence-corrected chi connectivity index (χ0v) is 24.6. The van der Waals surface area contributed by atoms with Crippen LogP contribution >= 0.6 is 0 Å². The topological polar surface area (TPSA) is 82.1 Å². The number of hydrogen-bond acceptors (Lipinski definition) is 5.